The van der Waals surface area contributed by atoms with Gasteiger partial charge in [0.2, 0.25) is 0 Å². The number of carbonyl (C=O) groups is 2. The van der Waals surface area contributed by atoms with Gasteiger partial charge in [0.15, 0.2) is 12.0 Å². The number of halogens is 1. The summed E-state index contributed by atoms with van der Waals surface area (Å²) in [5, 5.41) is 15.9. The molecular formula is C28H23ClN2O4. The van der Waals surface area contributed by atoms with Gasteiger partial charge in [-0.05, 0) is 59.7 Å². The third-order valence-electron chi connectivity index (χ3n) is 5.45. The molecule has 0 atom stereocenters. The fraction of sp³-hybridized carbons (Fsp3) is 0.0714. The van der Waals surface area contributed by atoms with Crippen LogP contribution >= 0.6 is 11.6 Å². The number of aldehydes is 1. The lowest BCUT2D eigenvalue weighted by molar-refractivity contribution is 0.0950. The number of para-hydroxylation sites is 1. The lowest BCUT2D eigenvalue weighted by Crippen LogP contribution is -2.22. The summed E-state index contributed by atoms with van der Waals surface area (Å²) in [6.07, 6.45) is 0.738. The summed E-state index contributed by atoms with van der Waals surface area (Å²) < 4.78 is 5.90. The smallest absolute Gasteiger partial charge is 0.251 e. The van der Waals surface area contributed by atoms with Crippen LogP contribution in [0.15, 0.2) is 84.9 Å². The van der Waals surface area contributed by atoms with Crippen LogP contribution in [0.2, 0.25) is 5.02 Å². The van der Waals surface area contributed by atoms with Crippen molar-refractivity contribution in [3.8, 4) is 28.4 Å². The largest absolute Gasteiger partial charge is 0.508 e. The SMILES string of the molecule is CNc1cc(C(=O)NCc2ccc(-c3ccc(O)cc3Cl)cc2)ccc1Oc1ccccc1C=O. The first-order chi connectivity index (χ1) is 17.0. The van der Waals surface area contributed by atoms with Crippen LogP contribution in [-0.4, -0.2) is 24.3 Å². The van der Waals surface area contributed by atoms with E-state index in [-0.39, 0.29) is 11.7 Å². The van der Waals surface area contributed by atoms with Crippen LogP contribution in [0.1, 0.15) is 26.3 Å². The number of phenols is 1. The molecule has 0 unspecified atom stereocenters. The van der Waals surface area contributed by atoms with E-state index in [2.05, 4.69) is 10.6 Å². The molecule has 7 heteroatoms. The van der Waals surface area contributed by atoms with Gasteiger partial charge in [-0.2, -0.15) is 0 Å². The standard InChI is InChI=1S/C28H23ClN2O4/c1-30-25-14-20(10-13-27(25)35-26-5-3-2-4-21(26)17-32)28(34)31-16-18-6-8-19(9-7-18)23-12-11-22(33)15-24(23)29/h2-15,17,30,33H,16H2,1H3,(H,31,34). The molecule has 0 radical (unpaired) electrons. The number of rotatable bonds is 8. The second-order valence-electron chi connectivity index (χ2n) is 7.76. The second kappa shape index (κ2) is 10.8. The van der Waals surface area contributed by atoms with Crippen molar-refractivity contribution in [2.24, 2.45) is 0 Å². The Morgan fingerprint density at radius 3 is 2.46 bits per heavy atom. The zero-order valence-electron chi connectivity index (χ0n) is 18.9. The van der Waals surface area contributed by atoms with Crippen molar-refractivity contribution in [1.29, 1.82) is 0 Å². The maximum Gasteiger partial charge on any atom is 0.251 e. The topological polar surface area (TPSA) is 87.7 Å². The lowest BCUT2D eigenvalue weighted by atomic mass is 10.0. The summed E-state index contributed by atoms with van der Waals surface area (Å²) in [5.41, 5.74) is 4.19. The monoisotopic (exact) mass is 486 g/mol. The van der Waals surface area contributed by atoms with Crippen molar-refractivity contribution in [1.82, 2.24) is 5.32 Å². The quantitative estimate of drug-likeness (QED) is 0.255. The molecule has 0 spiro atoms. The average molecular weight is 487 g/mol. The Bertz CT molecular complexity index is 1370. The molecule has 0 aromatic heterocycles. The van der Waals surface area contributed by atoms with Crippen molar-refractivity contribution in [3.05, 3.63) is 107 Å². The van der Waals surface area contributed by atoms with E-state index in [1.807, 2.05) is 24.3 Å². The highest BCUT2D eigenvalue weighted by Crippen LogP contribution is 2.32. The molecule has 4 rings (SSSR count). The number of hydrogen-bond acceptors (Lipinski definition) is 5. The summed E-state index contributed by atoms with van der Waals surface area (Å²) in [7, 11) is 1.73. The maximum absolute atomic E-state index is 12.8. The summed E-state index contributed by atoms with van der Waals surface area (Å²) in [5.74, 6) is 0.826. The van der Waals surface area contributed by atoms with Gasteiger partial charge >= 0.3 is 0 Å². The number of ether oxygens (including phenoxy) is 1. The number of phenolic OH excluding ortho intramolecular Hbond substituents is 1. The fourth-order valence-corrected chi connectivity index (χ4v) is 3.85. The van der Waals surface area contributed by atoms with E-state index in [0.717, 1.165) is 23.0 Å². The first-order valence-corrected chi connectivity index (χ1v) is 11.3. The summed E-state index contributed by atoms with van der Waals surface area (Å²) in [6.45, 7) is 0.349. The van der Waals surface area contributed by atoms with Gasteiger partial charge in [0.05, 0.1) is 16.3 Å². The Hall–Kier alpha value is -4.29. The van der Waals surface area contributed by atoms with E-state index < -0.39 is 0 Å². The highest BCUT2D eigenvalue weighted by atomic mass is 35.5. The first-order valence-electron chi connectivity index (χ1n) is 10.9. The van der Waals surface area contributed by atoms with Crippen molar-refractivity contribution in [3.63, 3.8) is 0 Å². The number of anilines is 1. The molecule has 4 aromatic carbocycles. The Morgan fingerprint density at radius 1 is 0.971 bits per heavy atom. The number of nitrogens with one attached hydrogen (secondary N) is 2. The van der Waals surface area contributed by atoms with Crippen LogP contribution in [0.3, 0.4) is 0 Å². The first kappa shape index (κ1) is 23.9. The van der Waals surface area contributed by atoms with Crippen LogP contribution < -0.4 is 15.4 Å². The maximum atomic E-state index is 12.8. The molecule has 0 saturated heterocycles. The number of amides is 1. The van der Waals surface area contributed by atoms with E-state index in [1.165, 1.54) is 6.07 Å². The summed E-state index contributed by atoms with van der Waals surface area (Å²) >= 11 is 6.22. The molecule has 0 fully saturated rings. The molecule has 0 aliphatic heterocycles. The molecule has 6 nitrogen and oxygen atoms in total. The van der Waals surface area contributed by atoms with Gasteiger partial charge in [0.1, 0.15) is 11.5 Å². The van der Waals surface area contributed by atoms with E-state index in [4.69, 9.17) is 16.3 Å². The van der Waals surface area contributed by atoms with Gasteiger partial charge in [-0.3, -0.25) is 9.59 Å². The van der Waals surface area contributed by atoms with Crippen molar-refractivity contribution in [2.75, 3.05) is 12.4 Å². The van der Waals surface area contributed by atoms with Crippen LogP contribution in [0.4, 0.5) is 5.69 Å². The van der Waals surface area contributed by atoms with Gasteiger partial charge in [0, 0.05) is 24.7 Å². The van der Waals surface area contributed by atoms with Crippen molar-refractivity contribution < 1.29 is 19.4 Å². The Balaban J connectivity index is 1.43. The second-order valence-corrected chi connectivity index (χ2v) is 8.17. The predicted molar refractivity (Wildman–Crippen MR) is 138 cm³/mol. The molecule has 0 saturated carbocycles. The van der Waals surface area contributed by atoms with E-state index >= 15 is 0 Å². The van der Waals surface area contributed by atoms with Crippen molar-refractivity contribution >= 4 is 29.5 Å². The van der Waals surface area contributed by atoms with Gasteiger partial charge in [0.25, 0.3) is 5.91 Å². The minimum absolute atomic E-state index is 0.116. The third-order valence-corrected chi connectivity index (χ3v) is 5.76. The Kier molecular flexibility index (Phi) is 7.33. The number of aromatic hydroxyl groups is 1. The molecule has 4 aromatic rings. The highest BCUT2D eigenvalue weighted by Gasteiger charge is 2.12. The number of hydrogen-bond donors (Lipinski definition) is 3. The van der Waals surface area contributed by atoms with Crippen LogP contribution in [-0.2, 0) is 6.54 Å². The van der Waals surface area contributed by atoms with E-state index in [1.54, 1.807) is 61.6 Å². The van der Waals surface area contributed by atoms with Crippen molar-refractivity contribution in [2.45, 2.75) is 6.54 Å². The van der Waals surface area contributed by atoms with Crippen LogP contribution in [0.5, 0.6) is 17.2 Å². The van der Waals surface area contributed by atoms with Gasteiger partial charge in [-0.1, -0.05) is 48.0 Å². The number of benzene rings is 4. The zero-order valence-corrected chi connectivity index (χ0v) is 19.7. The van der Waals surface area contributed by atoms with Gasteiger partial charge in [-0.25, -0.2) is 0 Å². The number of carbonyl (C=O) groups excluding carboxylic acids is 2. The molecule has 0 bridgehead atoms. The zero-order chi connectivity index (χ0) is 24.8. The molecule has 3 N–H and O–H groups in total. The molecule has 0 aliphatic rings. The Labute approximate surface area is 208 Å². The molecule has 35 heavy (non-hydrogen) atoms. The average Bonchev–Trinajstić information content (AvgIpc) is 2.88. The van der Waals surface area contributed by atoms with Gasteiger partial charge < -0.3 is 20.5 Å². The molecule has 0 aliphatic carbocycles. The predicted octanol–water partition coefficient (Wildman–Crippen LogP) is 6.29. The van der Waals surface area contributed by atoms with Crippen LogP contribution in [0, 0.1) is 0 Å². The minimum atomic E-state index is -0.230. The molecular weight excluding hydrogens is 464 g/mol. The third kappa shape index (κ3) is 5.62. The molecule has 176 valence electrons. The van der Waals surface area contributed by atoms with Crippen LogP contribution in [0.25, 0.3) is 11.1 Å². The summed E-state index contributed by atoms with van der Waals surface area (Å²) in [4.78, 5) is 24.0. The van der Waals surface area contributed by atoms with E-state index in [9.17, 15) is 14.7 Å². The van der Waals surface area contributed by atoms with Gasteiger partial charge in [-0.15, -0.1) is 0 Å². The lowest BCUT2D eigenvalue weighted by Gasteiger charge is -2.14. The molecule has 0 heterocycles. The molecule has 1 amide bonds. The fourth-order valence-electron chi connectivity index (χ4n) is 3.57. The van der Waals surface area contributed by atoms with E-state index in [0.29, 0.717) is 39.9 Å². The summed E-state index contributed by atoms with van der Waals surface area (Å²) in [6, 6.07) is 24.5. The Morgan fingerprint density at radius 2 is 1.74 bits per heavy atom. The normalized spacial score (nSPS) is 10.5. The highest BCUT2D eigenvalue weighted by molar-refractivity contribution is 6.33. The minimum Gasteiger partial charge on any atom is -0.508 e.